The van der Waals surface area contributed by atoms with E-state index in [1.54, 1.807) is 0 Å². The molecular formula is C16H11F3N6O5. The average Bonchev–Trinajstić information content (AvgIpc) is 3.04. The molecule has 0 aliphatic rings. The number of hydrogen-bond acceptors (Lipinski definition) is 7. The Bertz CT molecular complexity index is 1190. The highest BCUT2D eigenvalue weighted by molar-refractivity contribution is 6.04. The fraction of sp³-hybridized carbons (Fsp3) is 0.188. The number of nitrogens with one attached hydrogen (secondary N) is 1. The molecular weight excluding hydrogens is 413 g/mol. The van der Waals surface area contributed by atoms with E-state index in [4.69, 9.17) is 0 Å². The maximum Gasteiger partial charge on any atom is 0.433 e. The van der Waals surface area contributed by atoms with E-state index in [1.807, 2.05) is 0 Å². The summed E-state index contributed by atoms with van der Waals surface area (Å²) in [6, 6.07) is 3.56. The lowest BCUT2D eigenvalue weighted by Gasteiger charge is -2.09. The van der Waals surface area contributed by atoms with Crippen molar-refractivity contribution < 1.29 is 27.8 Å². The van der Waals surface area contributed by atoms with Gasteiger partial charge < -0.3 is 5.32 Å². The van der Waals surface area contributed by atoms with Crippen LogP contribution >= 0.6 is 0 Å². The van der Waals surface area contributed by atoms with E-state index >= 15 is 0 Å². The second-order valence-electron chi connectivity index (χ2n) is 6.19. The van der Waals surface area contributed by atoms with Gasteiger partial charge in [-0.05, 0) is 19.9 Å². The van der Waals surface area contributed by atoms with Gasteiger partial charge in [0.05, 0.1) is 15.5 Å². The second-order valence-corrected chi connectivity index (χ2v) is 6.19. The maximum atomic E-state index is 13.2. The second kappa shape index (κ2) is 7.06. The zero-order valence-corrected chi connectivity index (χ0v) is 15.2. The monoisotopic (exact) mass is 424 g/mol. The van der Waals surface area contributed by atoms with Crippen molar-refractivity contribution in [2.24, 2.45) is 0 Å². The van der Waals surface area contributed by atoms with E-state index in [-0.39, 0.29) is 22.6 Å². The first-order chi connectivity index (χ1) is 13.9. The summed E-state index contributed by atoms with van der Waals surface area (Å²) in [6.07, 6.45) is -4.76. The molecule has 0 aliphatic heterocycles. The molecule has 0 saturated carbocycles. The van der Waals surface area contributed by atoms with Crippen LogP contribution in [-0.4, -0.2) is 30.4 Å². The van der Waals surface area contributed by atoms with Crippen molar-refractivity contribution in [3.63, 3.8) is 0 Å². The van der Waals surface area contributed by atoms with Crippen molar-refractivity contribution in [3.05, 3.63) is 67.1 Å². The van der Waals surface area contributed by atoms with E-state index in [1.165, 1.54) is 13.8 Å². The number of halogens is 3. The summed E-state index contributed by atoms with van der Waals surface area (Å²) in [6.45, 7) is 2.52. The molecule has 0 atom stereocenters. The number of aryl methyl sites for hydroxylation is 1. The van der Waals surface area contributed by atoms with E-state index in [0.29, 0.717) is 4.52 Å². The zero-order chi connectivity index (χ0) is 22.4. The number of aromatic nitrogens is 3. The van der Waals surface area contributed by atoms with Gasteiger partial charge in [0.1, 0.15) is 11.3 Å². The molecule has 1 aromatic carbocycles. The Kier molecular flexibility index (Phi) is 4.85. The van der Waals surface area contributed by atoms with Crippen LogP contribution in [0.5, 0.6) is 0 Å². The van der Waals surface area contributed by atoms with Gasteiger partial charge in [0.15, 0.2) is 11.3 Å². The first kappa shape index (κ1) is 20.6. The summed E-state index contributed by atoms with van der Waals surface area (Å²) in [5, 5.41) is 28.0. The van der Waals surface area contributed by atoms with Gasteiger partial charge in [0, 0.05) is 23.9 Å². The summed E-state index contributed by atoms with van der Waals surface area (Å²) < 4.78 is 40.1. The predicted molar refractivity (Wildman–Crippen MR) is 95.2 cm³/mol. The van der Waals surface area contributed by atoms with Crippen molar-refractivity contribution in [2.45, 2.75) is 20.0 Å². The third kappa shape index (κ3) is 3.74. The first-order valence-corrected chi connectivity index (χ1v) is 8.08. The Morgan fingerprint density at radius 3 is 2.13 bits per heavy atom. The number of rotatable bonds is 4. The Morgan fingerprint density at radius 1 is 1.07 bits per heavy atom. The summed E-state index contributed by atoms with van der Waals surface area (Å²) in [5.41, 5.74) is -3.53. The van der Waals surface area contributed by atoms with Gasteiger partial charge in [-0.2, -0.15) is 18.3 Å². The smallest absolute Gasteiger partial charge is 0.320 e. The molecule has 0 radical (unpaired) electrons. The number of nitro groups is 2. The average molecular weight is 424 g/mol. The molecule has 0 fully saturated rings. The number of nitro benzene ring substituents is 2. The van der Waals surface area contributed by atoms with E-state index in [9.17, 15) is 38.2 Å². The number of benzene rings is 1. The molecule has 0 bridgehead atoms. The van der Waals surface area contributed by atoms with Gasteiger partial charge >= 0.3 is 6.18 Å². The van der Waals surface area contributed by atoms with Gasteiger partial charge in [-0.3, -0.25) is 25.0 Å². The quantitative estimate of drug-likeness (QED) is 0.499. The Morgan fingerprint density at radius 2 is 1.63 bits per heavy atom. The van der Waals surface area contributed by atoms with Crippen LogP contribution < -0.4 is 5.32 Å². The lowest BCUT2D eigenvalue weighted by molar-refractivity contribution is -0.395. The SMILES string of the molecule is Cc1cc(C(F)(F)F)n2nc(C(=O)Nc3cc([N+](=O)[O-])c(C)c([N+](=O)[O-])c3)cc2n1. The molecule has 2 heterocycles. The Labute approximate surface area is 164 Å². The maximum absolute atomic E-state index is 13.2. The van der Waals surface area contributed by atoms with Crippen molar-refractivity contribution in [3.8, 4) is 0 Å². The minimum atomic E-state index is -4.76. The summed E-state index contributed by atoms with van der Waals surface area (Å²) >= 11 is 0. The number of fused-ring (bicyclic) bond motifs is 1. The van der Waals surface area contributed by atoms with E-state index < -0.39 is 44.7 Å². The first-order valence-electron chi connectivity index (χ1n) is 8.08. The fourth-order valence-electron chi connectivity index (χ4n) is 2.74. The minimum Gasteiger partial charge on any atom is -0.320 e. The van der Waals surface area contributed by atoms with E-state index in [0.717, 1.165) is 24.3 Å². The number of nitrogens with zero attached hydrogens (tertiary/aromatic N) is 5. The predicted octanol–water partition coefficient (Wildman–Crippen LogP) is 3.43. The highest BCUT2D eigenvalue weighted by atomic mass is 19.4. The van der Waals surface area contributed by atoms with Crippen LogP contribution in [0.2, 0.25) is 0 Å². The number of amides is 1. The standard InChI is InChI=1S/C16H11F3N6O5/c1-7-3-13(16(17,18)19)23-14(20-7)6-10(22-23)15(26)21-9-4-11(24(27)28)8(2)12(5-9)25(29)30/h3-6H,1-2H3,(H,21,26). The highest BCUT2D eigenvalue weighted by Crippen LogP contribution is 2.32. The number of carbonyl (C=O) groups is 1. The minimum absolute atomic E-state index is 0.0477. The zero-order valence-electron chi connectivity index (χ0n) is 15.2. The molecule has 1 amide bonds. The van der Waals surface area contributed by atoms with Crippen molar-refractivity contribution >= 4 is 28.6 Å². The fourth-order valence-corrected chi connectivity index (χ4v) is 2.74. The summed E-state index contributed by atoms with van der Waals surface area (Å²) in [4.78, 5) is 36.9. The van der Waals surface area contributed by atoms with Crippen LogP contribution in [0, 0.1) is 34.1 Å². The van der Waals surface area contributed by atoms with Crippen LogP contribution in [0.3, 0.4) is 0 Å². The van der Waals surface area contributed by atoms with Gasteiger partial charge in [0.2, 0.25) is 0 Å². The van der Waals surface area contributed by atoms with Crippen molar-refractivity contribution in [1.82, 2.24) is 14.6 Å². The molecule has 11 nitrogen and oxygen atoms in total. The summed E-state index contributed by atoms with van der Waals surface area (Å²) in [7, 11) is 0. The van der Waals surface area contributed by atoms with Crippen LogP contribution in [0.15, 0.2) is 24.3 Å². The molecule has 0 aliphatic carbocycles. The normalized spacial score (nSPS) is 11.5. The lowest BCUT2D eigenvalue weighted by Crippen LogP contribution is -2.16. The lowest BCUT2D eigenvalue weighted by atomic mass is 10.1. The van der Waals surface area contributed by atoms with Gasteiger partial charge in [-0.25, -0.2) is 9.50 Å². The van der Waals surface area contributed by atoms with Crippen LogP contribution in [-0.2, 0) is 6.18 Å². The van der Waals surface area contributed by atoms with Crippen LogP contribution in [0.4, 0.5) is 30.2 Å². The number of alkyl halides is 3. The van der Waals surface area contributed by atoms with Gasteiger partial charge in [0.25, 0.3) is 17.3 Å². The topological polar surface area (TPSA) is 146 Å². The van der Waals surface area contributed by atoms with Crippen molar-refractivity contribution in [1.29, 1.82) is 0 Å². The van der Waals surface area contributed by atoms with Crippen LogP contribution in [0.25, 0.3) is 5.65 Å². The molecule has 3 rings (SSSR count). The third-order valence-corrected chi connectivity index (χ3v) is 4.08. The largest absolute Gasteiger partial charge is 0.433 e. The molecule has 2 aromatic heterocycles. The van der Waals surface area contributed by atoms with Crippen LogP contribution in [0.1, 0.15) is 27.4 Å². The van der Waals surface area contributed by atoms with Gasteiger partial charge in [-0.1, -0.05) is 0 Å². The highest BCUT2D eigenvalue weighted by Gasteiger charge is 2.35. The molecule has 14 heteroatoms. The molecule has 3 aromatic rings. The molecule has 30 heavy (non-hydrogen) atoms. The third-order valence-electron chi connectivity index (χ3n) is 4.08. The number of anilines is 1. The summed E-state index contributed by atoms with van der Waals surface area (Å²) in [5.74, 6) is -1.03. The molecule has 0 unspecified atom stereocenters. The Balaban J connectivity index is 2.04. The Hall–Kier alpha value is -4.10. The molecule has 156 valence electrons. The number of carbonyl (C=O) groups excluding carboxylic acids is 1. The molecule has 0 spiro atoms. The van der Waals surface area contributed by atoms with E-state index in [2.05, 4.69) is 15.4 Å². The molecule has 1 N–H and O–H groups in total. The molecule has 0 saturated heterocycles. The number of hydrogen-bond donors (Lipinski definition) is 1. The van der Waals surface area contributed by atoms with Gasteiger partial charge in [-0.15, -0.1) is 0 Å². The van der Waals surface area contributed by atoms with Crippen molar-refractivity contribution in [2.75, 3.05) is 5.32 Å².